The second-order valence-corrected chi connectivity index (χ2v) is 7.08. The number of nitrogens with one attached hydrogen (secondary N) is 1. The van der Waals surface area contributed by atoms with Gasteiger partial charge in [-0.05, 0) is 49.6 Å². The summed E-state index contributed by atoms with van der Waals surface area (Å²) in [4.78, 5) is 4.23. The number of hydrogen-bond acceptors (Lipinski definition) is 3. The van der Waals surface area contributed by atoms with Gasteiger partial charge in [-0.3, -0.25) is 4.90 Å². The zero-order valence-electron chi connectivity index (χ0n) is 11.8. The number of likely N-dealkylation sites (tertiary alicyclic amines) is 1. The van der Waals surface area contributed by atoms with Crippen molar-refractivity contribution >= 4 is 11.3 Å². The van der Waals surface area contributed by atoms with E-state index in [1.54, 1.807) is 0 Å². The topological polar surface area (TPSA) is 15.3 Å². The molecule has 1 aromatic heterocycles. The molecule has 2 atom stereocenters. The largest absolute Gasteiger partial charge is 0.311 e. The average Bonchev–Trinajstić information content (AvgIpc) is 2.97. The molecule has 1 saturated heterocycles. The fourth-order valence-electron chi connectivity index (χ4n) is 3.85. The average molecular weight is 278 g/mol. The maximum atomic E-state index is 3.60. The lowest BCUT2D eigenvalue weighted by atomic mass is 9.78. The Bertz CT molecular complexity index is 361. The molecule has 0 radical (unpaired) electrons. The fourth-order valence-corrected chi connectivity index (χ4v) is 4.53. The van der Waals surface area contributed by atoms with Crippen molar-refractivity contribution in [2.45, 2.75) is 51.1 Å². The summed E-state index contributed by atoms with van der Waals surface area (Å²) in [5.74, 6) is 1.01. The quantitative estimate of drug-likeness (QED) is 0.829. The van der Waals surface area contributed by atoms with E-state index in [1.165, 1.54) is 56.5 Å². The van der Waals surface area contributed by atoms with E-state index < -0.39 is 0 Å². The Morgan fingerprint density at radius 2 is 2.11 bits per heavy atom. The summed E-state index contributed by atoms with van der Waals surface area (Å²) in [6, 6.07) is 5.26. The molecule has 0 aromatic carbocycles. The molecule has 1 aliphatic carbocycles. The van der Waals surface area contributed by atoms with Gasteiger partial charge in [0.25, 0.3) is 0 Å². The number of nitrogens with zero attached hydrogens (tertiary/aromatic N) is 1. The Labute approximate surface area is 121 Å². The van der Waals surface area contributed by atoms with Crippen LogP contribution in [0.2, 0.25) is 0 Å². The number of piperidine rings is 1. The third-order valence-electron chi connectivity index (χ3n) is 4.81. The van der Waals surface area contributed by atoms with Crippen LogP contribution in [-0.2, 0) is 6.54 Å². The van der Waals surface area contributed by atoms with E-state index in [0.29, 0.717) is 0 Å². The number of hydrogen-bond donors (Lipinski definition) is 1. The van der Waals surface area contributed by atoms with Crippen molar-refractivity contribution < 1.29 is 0 Å². The highest BCUT2D eigenvalue weighted by atomic mass is 32.1. The molecule has 0 spiro atoms. The van der Waals surface area contributed by atoms with E-state index in [0.717, 1.165) is 25.0 Å². The van der Waals surface area contributed by atoms with Gasteiger partial charge in [0.15, 0.2) is 0 Å². The third-order valence-corrected chi connectivity index (χ3v) is 5.69. The Balaban J connectivity index is 1.41. The molecule has 2 nitrogen and oxygen atoms in total. The van der Waals surface area contributed by atoms with Crippen LogP contribution in [0.4, 0.5) is 0 Å². The first-order valence-corrected chi connectivity index (χ1v) is 8.78. The molecule has 3 heteroatoms. The lowest BCUT2D eigenvalue weighted by Crippen LogP contribution is -2.48. The van der Waals surface area contributed by atoms with Crippen LogP contribution >= 0.6 is 11.3 Å². The highest BCUT2D eigenvalue weighted by Crippen LogP contribution is 2.34. The van der Waals surface area contributed by atoms with Gasteiger partial charge in [-0.2, -0.15) is 0 Å². The summed E-state index contributed by atoms with van der Waals surface area (Å²) >= 11 is 1.85. The summed E-state index contributed by atoms with van der Waals surface area (Å²) in [6.07, 6.45) is 8.79. The van der Waals surface area contributed by atoms with Crippen LogP contribution in [0.5, 0.6) is 0 Å². The number of rotatable bonds is 5. The van der Waals surface area contributed by atoms with Gasteiger partial charge in [-0.15, -0.1) is 11.3 Å². The maximum absolute atomic E-state index is 3.60. The monoisotopic (exact) mass is 278 g/mol. The molecule has 3 rings (SSSR count). The summed E-state index contributed by atoms with van der Waals surface area (Å²) < 4.78 is 0. The maximum Gasteiger partial charge on any atom is 0.0300 e. The number of fused-ring (bicyclic) bond motifs is 1. The third kappa shape index (κ3) is 3.59. The van der Waals surface area contributed by atoms with Gasteiger partial charge in [0.05, 0.1) is 0 Å². The van der Waals surface area contributed by atoms with Crippen molar-refractivity contribution in [1.82, 2.24) is 10.2 Å². The summed E-state index contributed by atoms with van der Waals surface area (Å²) in [6.45, 7) is 4.76. The zero-order chi connectivity index (χ0) is 12.9. The predicted molar refractivity (Wildman–Crippen MR) is 82.6 cm³/mol. The van der Waals surface area contributed by atoms with Crippen molar-refractivity contribution in [1.29, 1.82) is 0 Å². The summed E-state index contributed by atoms with van der Waals surface area (Å²) in [5.41, 5.74) is 0. The normalized spacial score (nSPS) is 28.2. The van der Waals surface area contributed by atoms with Gasteiger partial charge in [0.1, 0.15) is 0 Å². The van der Waals surface area contributed by atoms with Crippen LogP contribution < -0.4 is 5.32 Å². The van der Waals surface area contributed by atoms with Gasteiger partial charge < -0.3 is 5.32 Å². The molecule has 106 valence electrons. The van der Waals surface area contributed by atoms with E-state index in [4.69, 9.17) is 0 Å². The molecule has 2 heterocycles. The molecule has 2 aliphatic rings. The van der Waals surface area contributed by atoms with Crippen molar-refractivity contribution in [3.05, 3.63) is 22.4 Å². The minimum atomic E-state index is 0.908. The smallest absolute Gasteiger partial charge is 0.0300 e. The van der Waals surface area contributed by atoms with Crippen molar-refractivity contribution in [2.24, 2.45) is 5.92 Å². The zero-order valence-corrected chi connectivity index (χ0v) is 12.6. The Morgan fingerprint density at radius 3 is 3.00 bits per heavy atom. The second-order valence-electron chi connectivity index (χ2n) is 6.05. The van der Waals surface area contributed by atoms with Crippen LogP contribution in [0.1, 0.15) is 43.4 Å². The standard InChI is InChI=1S/C16H26N2S/c1-2-8-16-14(5-1)6-3-10-18(16)11-9-17-13-15-7-4-12-19-15/h4,7,12,14,16-17H,1-3,5-6,8-11,13H2. The van der Waals surface area contributed by atoms with Gasteiger partial charge in [-0.25, -0.2) is 0 Å². The Kier molecular flexibility index (Phi) is 4.91. The summed E-state index contributed by atoms with van der Waals surface area (Å²) in [7, 11) is 0. The minimum Gasteiger partial charge on any atom is -0.311 e. The Hall–Kier alpha value is -0.380. The first-order chi connectivity index (χ1) is 9.43. The molecule has 1 aromatic rings. The van der Waals surface area contributed by atoms with E-state index >= 15 is 0 Å². The van der Waals surface area contributed by atoms with E-state index in [2.05, 4.69) is 27.7 Å². The minimum absolute atomic E-state index is 0.908. The van der Waals surface area contributed by atoms with Crippen LogP contribution in [0.15, 0.2) is 17.5 Å². The highest BCUT2D eigenvalue weighted by molar-refractivity contribution is 7.09. The molecule has 2 fully saturated rings. The first-order valence-electron chi connectivity index (χ1n) is 7.90. The number of thiophene rings is 1. The summed E-state index contributed by atoms with van der Waals surface area (Å²) in [5, 5.41) is 5.76. The van der Waals surface area contributed by atoms with Gasteiger partial charge in [0.2, 0.25) is 0 Å². The molecule has 19 heavy (non-hydrogen) atoms. The molecular formula is C16H26N2S. The molecular weight excluding hydrogens is 252 g/mol. The molecule has 2 unspecified atom stereocenters. The van der Waals surface area contributed by atoms with Gasteiger partial charge in [0, 0.05) is 30.6 Å². The lowest BCUT2D eigenvalue weighted by molar-refractivity contribution is 0.0618. The SMILES string of the molecule is c1csc(CNCCN2CCCC3CCCCC32)c1. The highest BCUT2D eigenvalue weighted by Gasteiger charge is 2.32. The van der Waals surface area contributed by atoms with Crippen LogP contribution in [0.3, 0.4) is 0 Å². The molecule has 0 amide bonds. The molecule has 1 saturated carbocycles. The van der Waals surface area contributed by atoms with Crippen molar-refractivity contribution in [3.8, 4) is 0 Å². The fraction of sp³-hybridized carbons (Fsp3) is 0.750. The van der Waals surface area contributed by atoms with Crippen LogP contribution in [0.25, 0.3) is 0 Å². The second kappa shape index (κ2) is 6.87. The molecule has 1 aliphatic heterocycles. The molecule has 0 bridgehead atoms. The van der Waals surface area contributed by atoms with Gasteiger partial charge in [-0.1, -0.05) is 18.9 Å². The van der Waals surface area contributed by atoms with Crippen molar-refractivity contribution in [3.63, 3.8) is 0 Å². The Morgan fingerprint density at radius 1 is 1.21 bits per heavy atom. The van der Waals surface area contributed by atoms with E-state index in [1.807, 2.05) is 11.3 Å². The lowest BCUT2D eigenvalue weighted by Gasteiger charge is -2.44. The van der Waals surface area contributed by atoms with Gasteiger partial charge >= 0.3 is 0 Å². The first kappa shape index (κ1) is 13.6. The van der Waals surface area contributed by atoms with E-state index in [9.17, 15) is 0 Å². The predicted octanol–water partition coefficient (Wildman–Crippen LogP) is 3.49. The van der Waals surface area contributed by atoms with E-state index in [-0.39, 0.29) is 0 Å². The van der Waals surface area contributed by atoms with Crippen molar-refractivity contribution in [2.75, 3.05) is 19.6 Å². The van der Waals surface area contributed by atoms with Crippen LogP contribution in [0, 0.1) is 5.92 Å². The van der Waals surface area contributed by atoms with Crippen LogP contribution in [-0.4, -0.2) is 30.6 Å². The molecule has 1 N–H and O–H groups in total.